The van der Waals surface area contributed by atoms with E-state index in [1.54, 1.807) is 6.20 Å². The first-order chi connectivity index (χ1) is 7.54. The van der Waals surface area contributed by atoms with Crippen molar-refractivity contribution in [2.75, 3.05) is 7.05 Å². The lowest BCUT2D eigenvalue weighted by Crippen LogP contribution is -2.43. The zero-order valence-electron chi connectivity index (χ0n) is 10.3. The zero-order valence-corrected chi connectivity index (χ0v) is 10.3. The van der Waals surface area contributed by atoms with Crippen LogP contribution in [0.3, 0.4) is 0 Å². The highest BCUT2D eigenvalue weighted by atomic mass is 15.4. The maximum atomic E-state index is 5.44. The van der Waals surface area contributed by atoms with Gasteiger partial charge in [0.2, 0.25) is 5.96 Å². The summed E-state index contributed by atoms with van der Waals surface area (Å²) in [7, 11) is 3.89. The number of hydrogen-bond acceptors (Lipinski definition) is 3. The number of imidazole rings is 1. The van der Waals surface area contributed by atoms with Crippen LogP contribution >= 0.6 is 0 Å². The van der Waals surface area contributed by atoms with Crippen LogP contribution in [0.1, 0.15) is 19.7 Å². The second-order valence-electron chi connectivity index (χ2n) is 4.00. The van der Waals surface area contributed by atoms with Crippen molar-refractivity contribution in [3.05, 3.63) is 18.2 Å². The molecule has 0 aromatic carbocycles. The lowest BCUT2D eigenvalue weighted by atomic mass is 10.4. The number of hydrazine groups is 1. The predicted octanol–water partition coefficient (Wildman–Crippen LogP) is 0.0796. The van der Waals surface area contributed by atoms with Crippen molar-refractivity contribution < 1.29 is 0 Å². The summed E-state index contributed by atoms with van der Waals surface area (Å²) in [5.41, 5.74) is 2.60. The van der Waals surface area contributed by atoms with Gasteiger partial charge in [0, 0.05) is 32.5 Å². The SMILES string of the molecule is CC(C)N=C(NN)N(C)Cc1nccn1C. The summed E-state index contributed by atoms with van der Waals surface area (Å²) in [6.07, 6.45) is 3.69. The lowest BCUT2D eigenvalue weighted by molar-refractivity contribution is 0.451. The first kappa shape index (κ1) is 12.5. The van der Waals surface area contributed by atoms with Gasteiger partial charge >= 0.3 is 0 Å². The Morgan fingerprint density at radius 2 is 2.38 bits per heavy atom. The Kier molecular flexibility index (Phi) is 4.30. The van der Waals surface area contributed by atoms with E-state index in [1.807, 2.05) is 43.6 Å². The molecule has 6 heteroatoms. The molecule has 3 N–H and O–H groups in total. The normalized spacial score (nSPS) is 12.0. The Balaban J connectivity index is 2.70. The maximum absolute atomic E-state index is 5.44. The number of hydrogen-bond donors (Lipinski definition) is 2. The Bertz CT molecular complexity index is 354. The quantitative estimate of drug-likeness (QED) is 0.330. The molecular formula is C10H20N6. The highest BCUT2D eigenvalue weighted by molar-refractivity contribution is 5.79. The molecule has 0 aliphatic heterocycles. The molecule has 0 spiro atoms. The summed E-state index contributed by atoms with van der Waals surface area (Å²) in [5.74, 6) is 7.07. The Labute approximate surface area is 96.1 Å². The number of rotatable bonds is 3. The number of aliphatic imine (C=N–C) groups is 1. The molecule has 90 valence electrons. The monoisotopic (exact) mass is 224 g/mol. The van der Waals surface area contributed by atoms with Crippen LogP contribution in [0.4, 0.5) is 0 Å². The Hall–Kier alpha value is -1.56. The van der Waals surface area contributed by atoms with E-state index >= 15 is 0 Å². The molecule has 1 aromatic heterocycles. The third-order valence-corrected chi connectivity index (χ3v) is 2.17. The van der Waals surface area contributed by atoms with Gasteiger partial charge < -0.3 is 9.47 Å². The van der Waals surface area contributed by atoms with E-state index in [4.69, 9.17) is 5.84 Å². The van der Waals surface area contributed by atoms with Gasteiger partial charge in [-0.3, -0.25) is 5.43 Å². The van der Waals surface area contributed by atoms with Crippen molar-refractivity contribution in [2.24, 2.45) is 17.9 Å². The lowest BCUT2D eigenvalue weighted by Gasteiger charge is -2.20. The van der Waals surface area contributed by atoms with E-state index in [1.165, 1.54) is 0 Å². The molecule has 0 radical (unpaired) electrons. The molecule has 0 bridgehead atoms. The van der Waals surface area contributed by atoms with E-state index in [0.29, 0.717) is 12.5 Å². The van der Waals surface area contributed by atoms with Crippen molar-refractivity contribution >= 4 is 5.96 Å². The number of aryl methyl sites for hydroxylation is 1. The largest absolute Gasteiger partial charge is 0.338 e. The van der Waals surface area contributed by atoms with E-state index in [9.17, 15) is 0 Å². The second kappa shape index (κ2) is 5.50. The van der Waals surface area contributed by atoms with Crippen molar-refractivity contribution in [2.45, 2.75) is 26.4 Å². The summed E-state index contributed by atoms with van der Waals surface area (Å²) in [5, 5.41) is 0. The minimum Gasteiger partial charge on any atom is -0.338 e. The summed E-state index contributed by atoms with van der Waals surface area (Å²) >= 11 is 0. The van der Waals surface area contributed by atoms with Gasteiger partial charge in [0.25, 0.3) is 0 Å². The highest BCUT2D eigenvalue weighted by Crippen LogP contribution is 2.00. The fourth-order valence-electron chi connectivity index (χ4n) is 1.33. The third kappa shape index (κ3) is 3.23. The summed E-state index contributed by atoms with van der Waals surface area (Å²) in [6.45, 7) is 4.68. The number of guanidine groups is 1. The average molecular weight is 224 g/mol. The molecule has 0 aliphatic rings. The Morgan fingerprint density at radius 3 is 2.81 bits per heavy atom. The first-order valence-corrected chi connectivity index (χ1v) is 5.26. The van der Waals surface area contributed by atoms with Gasteiger partial charge in [-0.15, -0.1) is 0 Å². The van der Waals surface area contributed by atoms with E-state index in [-0.39, 0.29) is 6.04 Å². The minimum absolute atomic E-state index is 0.204. The van der Waals surface area contributed by atoms with Crippen LogP contribution in [0.5, 0.6) is 0 Å². The molecule has 0 unspecified atom stereocenters. The standard InChI is InChI=1S/C10H20N6/c1-8(2)13-10(14-11)16(4)7-9-12-5-6-15(9)3/h5-6,8H,7,11H2,1-4H3,(H,13,14). The molecule has 0 atom stereocenters. The molecule has 6 nitrogen and oxygen atoms in total. The van der Waals surface area contributed by atoms with Crippen LogP contribution in [-0.2, 0) is 13.6 Å². The van der Waals surface area contributed by atoms with Gasteiger partial charge in [-0.1, -0.05) is 0 Å². The van der Waals surface area contributed by atoms with Gasteiger partial charge in [0.1, 0.15) is 5.82 Å². The van der Waals surface area contributed by atoms with Crippen LogP contribution in [0.2, 0.25) is 0 Å². The molecule has 1 rings (SSSR count). The van der Waals surface area contributed by atoms with Crippen LogP contribution in [0.25, 0.3) is 0 Å². The molecule has 1 heterocycles. The fraction of sp³-hybridized carbons (Fsp3) is 0.600. The van der Waals surface area contributed by atoms with Crippen molar-refractivity contribution in [1.29, 1.82) is 0 Å². The maximum Gasteiger partial charge on any atom is 0.208 e. The summed E-state index contributed by atoms with van der Waals surface area (Å²) in [6, 6.07) is 0.204. The zero-order chi connectivity index (χ0) is 12.1. The van der Waals surface area contributed by atoms with Crippen molar-refractivity contribution in [3.63, 3.8) is 0 Å². The van der Waals surface area contributed by atoms with Crippen LogP contribution in [0, 0.1) is 0 Å². The van der Waals surface area contributed by atoms with Crippen molar-refractivity contribution in [3.8, 4) is 0 Å². The number of nitrogens with zero attached hydrogens (tertiary/aromatic N) is 4. The minimum atomic E-state index is 0.204. The average Bonchev–Trinajstić information content (AvgIpc) is 2.60. The fourth-order valence-corrected chi connectivity index (χ4v) is 1.33. The molecule has 0 amide bonds. The number of aromatic nitrogens is 2. The highest BCUT2D eigenvalue weighted by Gasteiger charge is 2.08. The first-order valence-electron chi connectivity index (χ1n) is 5.26. The third-order valence-electron chi connectivity index (χ3n) is 2.17. The number of nitrogens with one attached hydrogen (secondary N) is 1. The summed E-state index contributed by atoms with van der Waals surface area (Å²) in [4.78, 5) is 10.6. The van der Waals surface area contributed by atoms with Crippen LogP contribution < -0.4 is 11.3 Å². The second-order valence-corrected chi connectivity index (χ2v) is 4.00. The van der Waals surface area contributed by atoms with Crippen LogP contribution in [-0.4, -0.2) is 33.5 Å². The van der Waals surface area contributed by atoms with Gasteiger partial charge in [0.15, 0.2) is 0 Å². The molecule has 1 aromatic rings. The topological polar surface area (TPSA) is 71.5 Å². The molecule has 0 saturated heterocycles. The van der Waals surface area contributed by atoms with Crippen molar-refractivity contribution in [1.82, 2.24) is 19.9 Å². The molecule has 0 aliphatic carbocycles. The van der Waals surface area contributed by atoms with Gasteiger partial charge in [-0.25, -0.2) is 15.8 Å². The predicted molar refractivity (Wildman–Crippen MR) is 64.6 cm³/mol. The molecule has 16 heavy (non-hydrogen) atoms. The van der Waals surface area contributed by atoms with E-state index < -0.39 is 0 Å². The molecular weight excluding hydrogens is 204 g/mol. The molecule has 0 fully saturated rings. The van der Waals surface area contributed by atoms with Gasteiger partial charge in [-0.05, 0) is 13.8 Å². The smallest absolute Gasteiger partial charge is 0.208 e. The van der Waals surface area contributed by atoms with Crippen LogP contribution in [0.15, 0.2) is 17.4 Å². The van der Waals surface area contributed by atoms with Gasteiger partial charge in [0.05, 0.1) is 6.54 Å². The summed E-state index contributed by atoms with van der Waals surface area (Å²) < 4.78 is 1.97. The van der Waals surface area contributed by atoms with E-state index in [0.717, 1.165) is 5.82 Å². The molecule has 0 saturated carbocycles. The van der Waals surface area contributed by atoms with E-state index in [2.05, 4.69) is 15.4 Å². The Morgan fingerprint density at radius 1 is 1.69 bits per heavy atom. The number of nitrogens with two attached hydrogens (primary N) is 1. The van der Waals surface area contributed by atoms with Gasteiger partial charge in [-0.2, -0.15) is 0 Å².